The second-order valence-electron chi connectivity index (χ2n) is 4.36. The molecule has 1 amide bonds. The average molecular weight is 388 g/mol. The summed E-state index contributed by atoms with van der Waals surface area (Å²) in [4.78, 5) is 13.9. The Bertz CT molecular complexity index is 801. The molecule has 0 bridgehead atoms. The molecule has 0 aliphatic carbocycles. The van der Waals surface area contributed by atoms with Crippen LogP contribution in [0.5, 0.6) is 5.75 Å². The Morgan fingerprint density at radius 1 is 1.32 bits per heavy atom. The van der Waals surface area contributed by atoms with Gasteiger partial charge in [-0.25, -0.2) is 8.42 Å². The normalized spacial score (nSPS) is 11.2. The maximum absolute atomic E-state index is 12.3. The number of carbonyl (C=O) groups excluding carboxylic acids is 1. The predicted octanol–water partition coefficient (Wildman–Crippen LogP) is 1.42. The third kappa shape index (κ3) is 3.49. The molecule has 0 atom stereocenters. The number of ether oxygens (including phenoxy) is 1. The third-order valence-corrected chi connectivity index (χ3v) is 4.65. The molecule has 118 valence electrons. The van der Waals surface area contributed by atoms with Crippen molar-refractivity contribution in [1.29, 1.82) is 0 Å². The molecule has 2 aromatic rings. The van der Waals surface area contributed by atoms with Crippen molar-refractivity contribution in [2.75, 3.05) is 7.11 Å². The zero-order chi connectivity index (χ0) is 16.3. The Morgan fingerprint density at radius 2 is 2.05 bits per heavy atom. The molecule has 0 unspecified atom stereocenters. The highest BCUT2D eigenvalue weighted by Crippen LogP contribution is 2.26. The standard InChI is InChI=1S/C13H14BrN3O4S/c1-17-7-3-4-10(17)13(18)15-16-22(19,20)12-8-9(14)5-6-11(12)21-2/h3-8,16H,1-2H3,(H,15,18). The summed E-state index contributed by atoms with van der Waals surface area (Å²) in [6.45, 7) is 0. The SMILES string of the molecule is COc1ccc(Br)cc1S(=O)(=O)NNC(=O)c1cccn1C. The quantitative estimate of drug-likeness (QED) is 0.759. The molecule has 22 heavy (non-hydrogen) atoms. The number of rotatable bonds is 5. The number of halogens is 1. The first-order valence-electron chi connectivity index (χ1n) is 6.12. The third-order valence-electron chi connectivity index (χ3n) is 2.89. The van der Waals surface area contributed by atoms with Crippen molar-refractivity contribution in [2.45, 2.75) is 4.90 Å². The van der Waals surface area contributed by atoms with Gasteiger partial charge in [-0.2, -0.15) is 0 Å². The lowest BCUT2D eigenvalue weighted by atomic mass is 10.3. The number of aromatic nitrogens is 1. The van der Waals surface area contributed by atoms with Crippen LogP contribution in [0.25, 0.3) is 0 Å². The Labute approximate surface area is 136 Å². The number of benzene rings is 1. The summed E-state index contributed by atoms with van der Waals surface area (Å²) < 4.78 is 31.8. The van der Waals surface area contributed by atoms with Gasteiger partial charge in [-0.15, -0.1) is 4.83 Å². The van der Waals surface area contributed by atoms with Crippen molar-refractivity contribution in [1.82, 2.24) is 14.8 Å². The molecule has 0 fully saturated rings. The molecule has 1 heterocycles. The van der Waals surface area contributed by atoms with Crippen LogP contribution >= 0.6 is 15.9 Å². The van der Waals surface area contributed by atoms with E-state index in [0.717, 1.165) is 0 Å². The predicted molar refractivity (Wildman–Crippen MR) is 83.9 cm³/mol. The molecule has 1 aromatic heterocycles. The van der Waals surface area contributed by atoms with Crippen molar-refractivity contribution in [2.24, 2.45) is 7.05 Å². The summed E-state index contributed by atoms with van der Waals surface area (Å²) >= 11 is 3.20. The fraction of sp³-hybridized carbons (Fsp3) is 0.154. The molecular formula is C13H14BrN3O4S. The maximum atomic E-state index is 12.3. The van der Waals surface area contributed by atoms with Crippen LogP contribution in [-0.4, -0.2) is 26.0 Å². The first-order valence-corrected chi connectivity index (χ1v) is 8.40. The molecule has 0 aliphatic heterocycles. The number of nitrogens with one attached hydrogen (secondary N) is 2. The molecule has 0 saturated carbocycles. The van der Waals surface area contributed by atoms with E-state index in [0.29, 0.717) is 10.2 Å². The van der Waals surface area contributed by atoms with Crippen LogP contribution in [-0.2, 0) is 17.1 Å². The van der Waals surface area contributed by atoms with E-state index in [1.54, 1.807) is 36.0 Å². The molecule has 2 N–H and O–H groups in total. The van der Waals surface area contributed by atoms with E-state index in [-0.39, 0.29) is 10.6 Å². The molecule has 7 nitrogen and oxygen atoms in total. The average Bonchev–Trinajstić information content (AvgIpc) is 2.91. The minimum Gasteiger partial charge on any atom is -0.495 e. The molecule has 2 rings (SSSR count). The summed E-state index contributed by atoms with van der Waals surface area (Å²) in [6.07, 6.45) is 1.68. The number of hydrogen-bond acceptors (Lipinski definition) is 4. The van der Waals surface area contributed by atoms with Crippen LogP contribution in [0, 0.1) is 0 Å². The van der Waals surface area contributed by atoms with E-state index in [9.17, 15) is 13.2 Å². The summed E-state index contributed by atoms with van der Waals surface area (Å²) in [5, 5.41) is 0. The van der Waals surface area contributed by atoms with Gasteiger partial charge in [0.1, 0.15) is 16.3 Å². The number of aryl methyl sites for hydroxylation is 1. The fourth-order valence-electron chi connectivity index (χ4n) is 1.79. The van der Waals surface area contributed by atoms with Crippen molar-refractivity contribution in [3.05, 3.63) is 46.7 Å². The monoisotopic (exact) mass is 387 g/mol. The highest BCUT2D eigenvalue weighted by atomic mass is 79.9. The molecule has 0 saturated heterocycles. The van der Waals surface area contributed by atoms with Crippen LogP contribution in [0.1, 0.15) is 10.5 Å². The van der Waals surface area contributed by atoms with Crippen molar-refractivity contribution < 1.29 is 17.9 Å². The van der Waals surface area contributed by atoms with Crippen LogP contribution in [0.2, 0.25) is 0 Å². The van der Waals surface area contributed by atoms with Gasteiger partial charge in [0.05, 0.1) is 7.11 Å². The van der Waals surface area contributed by atoms with E-state index in [4.69, 9.17) is 4.74 Å². The Morgan fingerprint density at radius 3 is 2.64 bits per heavy atom. The van der Waals surface area contributed by atoms with Crippen LogP contribution in [0.4, 0.5) is 0 Å². The lowest BCUT2D eigenvalue weighted by Crippen LogP contribution is -2.42. The Balaban J connectivity index is 2.20. The number of hydrogen-bond donors (Lipinski definition) is 2. The number of nitrogens with zero attached hydrogens (tertiary/aromatic N) is 1. The van der Waals surface area contributed by atoms with E-state index >= 15 is 0 Å². The van der Waals surface area contributed by atoms with E-state index in [1.165, 1.54) is 19.2 Å². The van der Waals surface area contributed by atoms with Gasteiger partial charge in [0, 0.05) is 17.7 Å². The van der Waals surface area contributed by atoms with Crippen LogP contribution in [0.3, 0.4) is 0 Å². The number of sulfonamides is 1. The smallest absolute Gasteiger partial charge is 0.282 e. The molecule has 1 aromatic carbocycles. The van der Waals surface area contributed by atoms with Gasteiger partial charge in [0.25, 0.3) is 15.9 Å². The minimum atomic E-state index is -3.97. The largest absolute Gasteiger partial charge is 0.495 e. The lowest BCUT2D eigenvalue weighted by Gasteiger charge is -2.12. The highest BCUT2D eigenvalue weighted by Gasteiger charge is 2.21. The van der Waals surface area contributed by atoms with Crippen molar-refractivity contribution in [3.63, 3.8) is 0 Å². The first kappa shape index (κ1) is 16.5. The van der Waals surface area contributed by atoms with E-state index in [2.05, 4.69) is 26.2 Å². The Kier molecular flexibility index (Phi) is 4.89. The van der Waals surface area contributed by atoms with Gasteiger partial charge >= 0.3 is 0 Å². The van der Waals surface area contributed by atoms with Gasteiger partial charge in [0.2, 0.25) is 0 Å². The summed E-state index contributed by atoms with van der Waals surface area (Å²) in [6, 6.07) is 7.80. The zero-order valence-electron chi connectivity index (χ0n) is 11.8. The second-order valence-corrected chi connectivity index (χ2v) is 6.93. The summed E-state index contributed by atoms with van der Waals surface area (Å²) in [7, 11) is -0.924. The van der Waals surface area contributed by atoms with Gasteiger partial charge in [-0.1, -0.05) is 15.9 Å². The maximum Gasteiger partial charge on any atom is 0.282 e. The van der Waals surface area contributed by atoms with Crippen LogP contribution < -0.4 is 15.0 Å². The van der Waals surface area contributed by atoms with Crippen LogP contribution in [0.15, 0.2) is 45.9 Å². The molecule has 0 spiro atoms. The lowest BCUT2D eigenvalue weighted by molar-refractivity contribution is 0.0937. The number of hydrazine groups is 1. The highest BCUT2D eigenvalue weighted by molar-refractivity contribution is 9.10. The van der Waals surface area contributed by atoms with Crippen molar-refractivity contribution in [3.8, 4) is 5.75 Å². The second kappa shape index (κ2) is 6.51. The zero-order valence-corrected chi connectivity index (χ0v) is 14.2. The summed E-state index contributed by atoms with van der Waals surface area (Å²) in [5.74, 6) is -0.395. The van der Waals surface area contributed by atoms with E-state index < -0.39 is 15.9 Å². The van der Waals surface area contributed by atoms with Crippen molar-refractivity contribution >= 4 is 31.9 Å². The van der Waals surface area contributed by atoms with Gasteiger partial charge in [-0.05, 0) is 30.3 Å². The number of carbonyl (C=O) groups is 1. The fourth-order valence-corrected chi connectivity index (χ4v) is 3.34. The van der Waals surface area contributed by atoms with Gasteiger partial charge < -0.3 is 9.30 Å². The van der Waals surface area contributed by atoms with E-state index in [1.807, 2.05) is 0 Å². The number of methoxy groups -OCH3 is 1. The molecule has 9 heteroatoms. The minimum absolute atomic E-state index is 0.0865. The molecular weight excluding hydrogens is 374 g/mol. The Hall–Kier alpha value is -1.84. The number of amides is 1. The summed E-state index contributed by atoms with van der Waals surface area (Å²) in [5.41, 5.74) is 2.49. The topological polar surface area (TPSA) is 89.4 Å². The van der Waals surface area contributed by atoms with Gasteiger partial charge in [-0.3, -0.25) is 10.2 Å². The first-order chi connectivity index (χ1) is 10.3. The molecule has 0 radical (unpaired) electrons. The molecule has 0 aliphatic rings. The van der Waals surface area contributed by atoms with Gasteiger partial charge in [0.15, 0.2) is 0 Å².